The van der Waals surface area contributed by atoms with Gasteiger partial charge in [-0.05, 0) is 30.7 Å². The Labute approximate surface area is 201 Å². The fourth-order valence-electron chi connectivity index (χ4n) is 4.48. The molecule has 0 amide bonds. The van der Waals surface area contributed by atoms with Crippen molar-refractivity contribution in [2.45, 2.75) is 19.8 Å². The Morgan fingerprint density at radius 2 is 1.91 bits per heavy atom. The highest BCUT2D eigenvalue weighted by molar-refractivity contribution is 7.24. The van der Waals surface area contributed by atoms with E-state index in [1.807, 2.05) is 37.4 Å². The van der Waals surface area contributed by atoms with Crippen molar-refractivity contribution in [3.8, 4) is 0 Å². The summed E-state index contributed by atoms with van der Waals surface area (Å²) >= 11 is 1.53. The molecule has 0 atom stereocenters. The van der Waals surface area contributed by atoms with Gasteiger partial charge in [-0.15, -0.1) is 11.3 Å². The SMILES string of the molecule is CCCC(=O)n1c2cncc(c2)c2cc3c(cn2)[nH]nc3c2nc3c(cncc3c3ccc1s3)[nH]2. The van der Waals surface area contributed by atoms with Crippen molar-refractivity contribution in [3.05, 3.63) is 55.2 Å². The fraction of sp³-hybridized carbons (Fsp3) is 0.120. The minimum absolute atomic E-state index is 0.0167. The second-order valence-corrected chi connectivity index (χ2v) is 9.47. The van der Waals surface area contributed by atoms with Crippen LogP contribution in [0, 0.1) is 0 Å². The van der Waals surface area contributed by atoms with Crippen LogP contribution in [0.1, 0.15) is 24.6 Å². The predicted octanol–water partition coefficient (Wildman–Crippen LogP) is 5.66. The number of hydrogen-bond acceptors (Lipinski definition) is 7. The summed E-state index contributed by atoms with van der Waals surface area (Å²) in [5.41, 5.74) is 5.22. The molecule has 7 aromatic rings. The molecule has 0 aliphatic rings. The maximum atomic E-state index is 13.3. The molecule has 0 aliphatic heterocycles. The third-order valence-electron chi connectivity index (χ3n) is 6.13. The Balaban J connectivity index is 1.76. The van der Waals surface area contributed by atoms with Gasteiger partial charge in [0.2, 0.25) is 5.91 Å². The standard InChI is InChI=1S/C25H18N8OS/c1-2-3-21(34)33-14-6-13(8-26-9-14)17-7-15-18(12-28-17)31-32-24(15)25-29-19-11-27-10-16(23(19)30-25)20-4-5-22(33)35-20/h4-12H,2-3H2,1H3,(H,29,30)(H,31,32). The summed E-state index contributed by atoms with van der Waals surface area (Å²) < 4.78 is 2.72. The van der Waals surface area contributed by atoms with Gasteiger partial charge in [0.05, 0.1) is 40.7 Å². The Hall–Kier alpha value is -4.44. The number of rotatable bonds is 2. The lowest BCUT2D eigenvalue weighted by molar-refractivity contribution is 0.0912. The van der Waals surface area contributed by atoms with Gasteiger partial charge in [-0.3, -0.25) is 29.4 Å². The van der Waals surface area contributed by atoms with Gasteiger partial charge in [-0.2, -0.15) is 5.10 Å². The lowest BCUT2D eigenvalue weighted by Gasteiger charge is -2.06. The summed E-state index contributed by atoms with van der Waals surface area (Å²) in [5, 5.41) is 10.2. The average molecular weight is 479 g/mol. The molecule has 2 N–H and O–H groups in total. The molecule has 8 bridgehead atoms. The molecule has 0 spiro atoms. The van der Waals surface area contributed by atoms with Gasteiger partial charge in [0.25, 0.3) is 0 Å². The van der Waals surface area contributed by atoms with E-state index in [0.717, 1.165) is 54.2 Å². The molecule has 0 unspecified atom stereocenters. The number of imidazole rings is 1. The summed E-state index contributed by atoms with van der Waals surface area (Å²) in [4.78, 5) is 35.9. The molecule has 9 nitrogen and oxygen atoms in total. The normalized spacial score (nSPS) is 11.9. The van der Waals surface area contributed by atoms with E-state index in [0.29, 0.717) is 23.1 Å². The highest BCUT2D eigenvalue weighted by Crippen LogP contribution is 2.30. The maximum Gasteiger partial charge on any atom is 0.232 e. The van der Waals surface area contributed by atoms with Crippen LogP contribution in [0.25, 0.3) is 64.4 Å². The number of hydrogen-bond donors (Lipinski definition) is 2. The van der Waals surface area contributed by atoms with E-state index in [4.69, 9.17) is 4.98 Å². The van der Waals surface area contributed by atoms with Crippen molar-refractivity contribution in [2.24, 2.45) is 0 Å². The molecular weight excluding hydrogens is 460 g/mol. The maximum absolute atomic E-state index is 13.3. The molecule has 0 aliphatic carbocycles. The zero-order valence-electron chi connectivity index (χ0n) is 18.6. The van der Waals surface area contributed by atoms with Gasteiger partial charge in [-0.25, -0.2) is 4.98 Å². The first kappa shape index (κ1) is 20.0. The molecule has 0 fully saturated rings. The van der Waals surface area contributed by atoms with Crippen LogP contribution in [0.3, 0.4) is 0 Å². The van der Waals surface area contributed by atoms with Crippen molar-refractivity contribution in [1.82, 2.24) is 39.7 Å². The Bertz CT molecular complexity index is 2010. The van der Waals surface area contributed by atoms with E-state index in [2.05, 4.69) is 30.1 Å². The molecule has 10 heteroatoms. The smallest absolute Gasteiger partial charge is 0.232 e. The van der Waals surface area contributed by atoms with Gasteiger partial charge in [-0.1, -0.05) is 6.92 Å². The molecule has 0 radical (unpaired) electrons. The van der Waals surface area contributed by atoms with Crippen molar-refractivity contribution >= 4 is 81.7 Å². The molecule has 0 saturated carbocycles. The van der Waals surface area contributed by atoms with E-state index < -0.39 is 0 Å². The number of aromatic nitrogens is 8. The third-order valence-corrected chi connectivity index (χ3v) is 7.24. The monoisotopic (exact) mass is 478 g/mol. The predicted molar refractivity (Wildman–Crippen MR) is 138 cm³/mol. The van der Waals surface area contributed by atoms with Crippen LogP contribution in [-0.2, 0) is 0 Å². The minimum Gasteiger partial charge on any atom is -0.335 e. The van der Waals surface area contributed by atoms with E-state index in [1.165, 1.54) is 11.3 Å². The molecule has 0 aromatic carbocycles. The number of carbonyl (C=O) groups excluding carboxylic acids is 1. The highest BCUT2D eigenvalue weighted by atomic mass is 32.1. The van der Waals surface area contributed by atoms with E-state index in [9.17, 15) is 4.79 Å². The van der Waals surface area contributed by atoms with E-state index >= 15 is 0 Å². The number of pyridine rings is 3. The third kappa shape index (κ3) is 3.07. The lowest BCUT2D eigenvalue weighted by Crippen LogP contribution is -2.10. The first-order chi connectivity index (χ1) is 17.2. The molecule has 35 heavy (non-hydrogen) atoms. The second-order valence-electron chi connectivity index (χ2n) is 8.40. The Morgan fingerprint density at radius 1 is 1.00 bits per heavy atom. The van der Waals surface area contributed by atoms with Gasteiger partial charge in [0.1, 0.15) is 15.9 Å². The molecule has 7 heterocycles. The first-order valence-corrected chi connectivity index (χ1v) is 12.1. The summed E-state index contributed by atoms with van der Waals surface area (Å²) in [7, 11) is 0. The fourth-order valence-corrected chi connectivity index (χ4v) is 5.54. The second kappa shape index (κ2) is 7.54. The van der Waals surface area contributed by atoms with E-state index in [-0.39, 0.29) is 5.91 Å². The summed E-state index contributed by atoms with van der Waals surface area (Å²) in [6, 6.07) is 7.91. The summed E-state index contributed by atoms with van der Waals surface area (Å²) in [6.45, 7) is 2.00. The number of thiophene rings is 1. The Morgan fingerprint density at radius 3 is 2.83 bits per heavy atom. The van der Waals surface area contributed by atoms with Crippen LogP contribution in [0.4, 0.5) is 0 Å². The quantitative estimate of drug-likeness (QED) is 0.331. The van der Waals surface area contributed by atoms with Crippen LogP contribution in [-0.4, -0.2) is 45.6 Å². The van der Waals surface area contributed by atoms with Crippen LogP contribution in [0.2, 0.25) is 0 Å². The van der Waals surface area contributed by atoms with Gasteiger partial charge in [0.15, 0.2) is 5.65 Å². The number of fused-ring (bicyclic) bond motifs is 9. The minimum atomic E-state index is 0.0167. The number of carbonyl (C=O) groups is 1. The van der Waals surface area contributed by atoms with Crippen LogP contribution in [0.15, 0.2) is 55.2 Å². The highest BCUT2D eigenvalue weighted by Gasteiger charge is 2.13. The van der Waals surface area contributed by atoms with Crippen LogP contribution < -0.4 is 0 Å². The number of nitrogens with zero attached hydrogens (tertiary/aromatic N) is 6. The van der Waals surface area contributed by atoms with Crippen molar-refractivity contribution in [3.63, 3.8) is 0 Å². The van der Waals surface area contributed by atoms with Crippen LogP contribution >= 0.6 is 11.3 Å². The zero-order chi connectivity index (χ0) is 23.5. The number of H-pyrrole nitrogens is 2. The first-order valence-electron chi connectivity index (χ1n) is 11.3. The van der Waals surface area contributed by atoms with Gasteiger partial charge >= 0.3 is 0 Å². The van der Waals surface area contributed by atoms with E-state index in [1.54, 1.807) is 29.4 Å². The summed E-state index contributed by atoms with van der Waals surface area (Å²) in [6.07, 6.45) is 10.00. The largest absolute Gasteiger partial charge is 0.335 e. The molecule has 7 rings (SSSR count). The molecule has 7 aromatic heterocycles. The number of nitrogens with one attached hydrogen (secondary N) is 2. The van der Waals surface area contributed by atoms with Crippen molar-refractivity contribution in [2.75, 3.05) is 0 Å². The van der Waals surface area contributed by atoms with Gasteiger partial charge < -0.3 is 4.98 Å². The van der Waals surface area contributed by atoms with Crippen LogP contribution in [0.5, 0.6) is 0 Å². The molecule has 0 saturated heterocycles. The lowest BCUT2D eigenvalue weighted by atomic mass is 10.2. The zero-order valence-corrected chi connectivity index (χ0v) is 19.4. The number of aromatic amines is 2. The average Bonchev–Trinajstić information content (AvgIpc) is 3.61. The van der Waals surface area contributed by atoms with Crippen molar-refractivity contribution < 1.29 is 4.79 Å². The van der Waals surface area contributed by atoms with Crippen molar-refractivity contribution in [1.29, 1.82) is 0 Å². The molecule has 170 valence electrons. The summed E-state index contributed by atoms with van der Waals surface area (Å²) in [5.74, 6) is 0.0167. The van der Waals surface area contributed by atoms with Gasteiger partial charge in [0, 0.05) is 39.7 Å². The topological polar surface area (TPSA) is 118 Å². The Kier molecular flexibility index (Phi) is 4.30. The molecular formula is C25H18N8OS.